The van der Waals surface area contributed by atoms with E-state index < -0.39 is 0 Å². The zero-order valence-electron chi connectivity index (χ0n) is 12.8. The molecule has 0 aromatic heterocycles. The van der Waals surface area contributed by atoms with Gasteiger partial charge in [-0.15, -0.1) is 0 Å². The van der Waals surface area contributed by atoms with E-state index in [4.69, 9.17) is 10.00 Å². The molecule has 2 atom stereocenters. The molecule has 2 heteroatoms. The second kappa shape index (κ2) is 6.83. The Morgan fingerprint density at radius 2 is 2.09 bits per heavy atom. The minimum absolute atomic E-state index is 0.415. The van der Waals surface area contributed by atoms with Crippen LogP contribution in [0.5, 0.6) is 5.75 Å². The van der Waals surface area contributed by atoms with Crippen LogP contribution in [0.1, 0.15) is 37.2 Å². The Morgan fingerprint density at radius 3 is 2.86 bits per heavy atom. The van der Waals surface area contributed by atoms with Crippen LogP contribution >= 0.6 is 0 Å². The van der Waals surface area contributed by atoms with Gasteiger partial charge in [-0.1, -0.05) is 49.7 Å². The lowest BCUT2D eigenvalue weighted by Gasteiger charge is -2.18. The van der Waals surface area contributed by atoms with E-state index in [1.54, 1.807) is 0 Å². The molecule has 2 unspecified atom stereocenters. The van der Waals surface area contributed by atoms with Crippen LogP contribution in [0.15, 0.2) is 36.4 Å². The highest BCUT2D eigenvalue weighted by atomic mass is 16.5. The van der Waals surface area contributed by atoms with Gasteiger partial charge in [0.05, 0.1) is 12.5 Å². The van der Waals surface area contributed by atoms with Gasteiger partial charge in [0.15, 0.2) is 0 Å². The lowest BCUT2D eigenvalue weighted by molar-refractivity contribution is 0.325. The van der Waals surface area contributed by atoms with Crippen molar-refractivity contribution in [1.82, 2.24) is 0 Å². The van der Waals surface area contributed by atoms with E-state index in [0.717, 1.165) is 30.4 Å². The largest absolute Gasteiger partial charge is 0.492 e. The van der Waals surface area contributed by atoms with Gasteiger partial charge in [-0.05, 0) is 42.0 Å². The van der Waals surface area contributed by atoms with E-state index in [2.05, 4.69) is 43.7 Å². The van der Waals surface area contributed by atoms with Gasteiger partial charge < -0.3 is 4.74 Å². The smallest absolute Gasteiger partial charge is 0.130 e. The summed E-state index contributed by atoms with van der Waals surface area (Å²) in [7, 11) is 0. The van der Waals surface area contributed by atoms with E-state index in [0.29, 0.717) is 24.9 Å². The second-order valence-corrected chi connectivity index (χ2v) is 5.93. The number of hydrogen-bond acceptors (Lipinski definition) is 2. The van der Waals surface area contributed by atoms with Crippen molar-refractivity contribution in [2.75, 3.05) is 6.61 Å². The first-order valence-corrected chi connectivity index (χ1v) is 7.97. The third kappa shape index (κ3) is 2.95. The van der Waals surface area contributed by atoms with E-state index in [9.17, 15) is 0 Å². The van der Waals surface area contributed by atoms with Crippen molar-refractivity contribution >= 4 is 10.8 Å². The van der Waals surface area contributed by atoms with Gasteiger partial charge >= 0.3 is 0 Å². The number of benzene rings is 2. The maximum Gasteiger partial charge on any atom is 0.130 e. The summed E-state index contributed by atoms with van der Waals surface area (Å²) in [6, 6.07) is 14.8. The van der Waals surface area contributed by atoms with Gasteiger partial charge in [-0.2, -0.15) is 5.26 Å². The fraction of sp³-hybridized carbons (Fsp3) is 0.350. The summed E-state index contributed by atoms with van der Waals surface area (Å²) in [6.45, 7) is 4.49. The molecular formula is C20H21NO. The molecule has 1 fully saturated rings. The van der Waals surface area contributed by atoms with Crippen molar-refractivity contribution in [1.29, 1.82) is 5.26 Å². The molecule has 2 aromatic carbocycles. The predicted octanol–water partition coefficient (Wildman–Crippen LogP) is 5.05. The normalized spacial score (nSPS) is 20.9. The van der Waals surface area contributed by atoms with Crippen LogP contribution in [0.4, 0.5) is 0 Å². The fourth-order valence-electron chi connectivity index (χ4n) is 3.31. The third-order valence-corrected chi connectivity index (χ3v) is 4.52. The molecule has 2 radical (unpaired) electrons. The van der Waals surface area contributed by atoms with Crippen molar-refractivity contribution in [2.45, 2.75) is 31.6 Å². The van der Waals surface area contributed by atoms with Gasteiger partial charge in [-0.3, -0.25) is 0 Å². The maximum absolute atomic E-state index is 8.76. The molecule has 0 saturated heterocycles. The summed E-state index contributed by atoms with van der Waals surface area (Å²) in [4.78, 5) is 0. The number of ether oxygens (including phenoxy) is 1. The summed E-state index contributed by atoms with van der Waals surface area (Å²) < 4.78 is 6.01. The molecule has 2 nitrogen and oxygen atoms in total. The number of rotatable bonds is 5. The van der Waals surface area contributed by atoms with Gasteiger partial charge in [-0.25, -0.2) is 0 Å². The van der Waals surface area contributed by atoms with Crippen LogP contribution in [-0.4, -0.2) is 6.61 Å². The van der Waals surface area contributed by atoms with Crippen molar-refractivity contribution in [2.24, 2.45) is 5.92 Å². The predicted molar refractivity (Wildman–Crippen MR) is 89.4 cm³/mol. The van der Waals surface area contributed by atoms with Gasteiger partial charge in [0.25, 0.3) is 0 Å². The molecule has 0 amide bonds. The molecule has 2 aromatic rings. The first-order chi connectivity index (χ1) is 10.8. The highest BCUT2D eigenvalue weighted by Crippen LogP contribution is 2.44. The zero-order chi connectivity index (χ0) is 15.4. The summed E-state index contributed by atoms with van der Waals surface area (Å²) in [5.74, 6) is 2.08. The Labute approximate surface area is 132 Å². The molecule has 22 heavy (non-hydrogen) atoms. The monoisotopic (exact) mass is 291 g/mol. The van der Waals surface area contributed by atoms with Gasteiger partial charge in [0.2, 0.25) is 0 Å². The first-order valence-electron chi connectivity index (χ1n) is 7.97. The zero-order valence-corrected chi connectivity index (χ0v) is 12.8. The van der Waals surface area contributed by atoms with Crippen LogP contribution in [0, 0.1) is 30.6 Å². The number of fused-ring (bicyclic) bond motifs is 1. The molecule has 0 bridgehead atoms. The van der Waals surface area contributed by atoms with Crippen molar-refractivity contribution in [3.05, 3.63) is 55.3 Å². The van der Waals surface area contributed by atoms with E-state index in [1.165, 1.54) is 10.9 Å². The summed E-state index contributed by atoms with van der Waals surface area (Å²) in [5.41, 5.74) is 1.26. The maximum atomic E-state index is 8.76. The summed E-state index contributed by atoms with van der Waals surface area (Å²) >= 11 is 0. The highest BCUT2D eigenvalue weighted by Gasteiger charge is 2.27. The molecule has 3 rings (SSSR count). The molecule has 0 N–H and O–H groups in total. The molecule has 0 heterocycles. The van der Waals surface area contributed by atoms with Crippen molar-refractivity contribution in [3.8, 4) is 11.8 Å². The molecule has 1 aliphatic carbocycles. The van der Waals surface area contributed by atoms with Crippen molar-refractivity contribution < 1.29 is 4.74 Å². The Bertz CT molecular complexity index is 686. The molecule has 1 aliphatic rings. The molecular weight excluding hydrogens is 270 g/mol. The van der Waals surface area contributed by atoms with Crippen molar-refractivity contribution in [3.63, 3.8) is 0 Å². The Hall–Kier alpha value is -2.01. The standard InChI is InChI=1S/C20H21NO/c1-2-15-8-9-17(14-15)19-11-10-16-6-3-4-7-18(16)20(19)22-13-5-12-21/h3-4,6-7,9-11,15,17H,1-2,5,8,13-14H2. The summed E-state index contributed by atoms with van der Waals surface area (Å²) in [6.07, 6.45) is 6.09. The SMILES string of the molecule is [CH2]CC1C[CH]C(c2ccc3ccccc3c2OCCC#N)C1. The number of nitriles is 1. The second-order valence-electron chi connectivity index (χ2n) is 5.93. The first kappa shape index (κ1) is 14.9. The topological polar surface area (TPSA) is 33.0 Å². The number of hydrogen-bond donors (Lipinski definition) is 0. The van der Waals surface area contributed by atoms with Gasteiger partial charge in [0, 0.05) is 5.39 Å². The molecule has 112 valence electrons. The Kier molecular flexibility index (Phi) is 4.63. The Balaban J connectivity index is 1.97. The molecule has 0 spiro atoms. The van der Waals surface area contributed by atoms with Crippen LogP contribution in [-0.2, 0) is 0 Å². The van der Waals surface area contributed by atoms with E-state index in [1.807, 2.05) is 12.1 Å². The van der Waals surface area contributed by atoms with Crippen LogP contribution in [0.25, 0.3) is 10.8 Å². The Morgan fingerprint density at radius 1 is 1.23 bits per heavy atom. The molecule has 1 saturated carbocycles. The average Bonchev–Trinajstić information content (AvgIpc) is 3.04. The van der Waals surface area contributed by atoms with Gasteiger partial charge in [0.1, 0.15) is 12.4 Å². The third-order valence-electron chi connectivity index (χ3n) is 4.52. The fourth-order valence-corrected chi connectivity index (χ4v) is 3.31. The van der Waals surface area contributed by atoms with Crippen LogP contribution in [0.2, 0.25) is 0 Å². The number of nitrogens with zero attached hydrogens (tertiary/aromatic N) is 1. The lowest BCUT2D eigenvalue weighted by Crippen LogP contribution is -2.03. The van der Waals surface area contributed by atoms with Crippen LogP contribution < -0.4 is 4.74 Å². The quantitative estimate of drug-likeness (QED) is 0.722. The van der Waals surface area contributed by atoms with Crippen LogP contribution in [0.3, 0.4) is 0 Å². The van der Waals surface area contributed by atoms with E-state index >= 15 is 0 Å². The van der Waals surface area contributed by atoms with E-state index in [-0.39, 0.29) is 0 Å². The summed E-state index contributed by atoms with van der Waals surface area (Å²) in [5, 5.41) is 11.1. The minimum atomic E-state index is 0.415. The lowest BCUT2D eigenvalue weighted by atomic mass is 9.92. The minimum Gasteiger partial charge on any atom is -0.492 e. The average molecular weight is 291 g/mol. The highest BCUT2D eigenvalue weighted by molar-refractivity contribution is 5.89. The molecule has 0 aliphatic heterocycles.